The number of aromatic nitrogens is 1. The summed E-state index contributed by atoms with van der Waals surface area (Å²) in [6.07, 6.45) is -2.66. The molecule has 0 aromatic carbocycles. The summed E-state index contributed by atoms with van der Waals surface area (Å²) < 4.78 is 24.7. The van der Waals surface area contributed by atoms with Crippen molar-refractivity contribution in [1.82, 2.24) is 4.98 Å². The minimum Gasteiger partial charge on any atom is -0.326 e. The Hall–Kier alpha value is -1.06. The molecule has 0 amide bonds. The Morgan fingerprint density at radius 3 is 2.71 bits per heavy atom. The highest BCUT2D eigenvalue weighted by Gasteiger charge is 2.15. The molecule has 3 nitrogen and oxygen atoms in total. The molecule has 0 fully saturated rings. The van der Waals surface area contributed by atoms with Crippen LogP contribution in [0.25, 0.3) is 0 Å². The number of nitriles is 1. The summed E-state index contributed by atoms with van der Waals surface area (Å²) in [6.45, 7) is 0.0315. The summed E-state index contributed by atoms with van der Waals surface area (Å²) in [5.74, 6) is 0. The molecule has 0 aliphatic rings. The molecule has 0 bridgehead atoms. The quantitative estimate of drug-likeness (QED) is 0.830. The maximum absolute atomic E-state index is 12.3. The van der Waals surface area contributed by atoms with Crippen LogP contribution in [0, 0.1) is 11.3 Å². The van der Waals surface area contributed by atoms with Crippen LogP contribution in [-0.4, -0.2) is 4.98 Å². The highest BCUT2D eigenvalue weighted by molar-refractivity contribution is 9.10. The van der Waals surface area contributed by atoms with E-state index in [2.05, 4.69) is 20.9 Å². The zero-order valence-corrected chi connectivity index (χ0v) is 8.55. The van der Waals surface area contributed by atoms with Gasteiger partial charge in [-0.25, -0.2) is 13.8 Å². The first-order valence-corrected chi connectivity index (χ1v) is 4.47. The lowest BCUT2D eigenvalue weighted by Crippen LogP contribution is -2.04. The number of halogens is 3. The summed E-state index contributed by atoms with van der Waals surface area (Å²) >= 11 is 2.94. The van der Waals surface area contributed by atoms with E-state index in [1.54, 1.807) is 0 Å². The third kappa shape index (κ3) is 2.05. The third-order valence-electron chi connectivity index (χ3n) is 1.63. The second-order valence-electron chi connectivity index (χ2n) is 2.49. The fourth-order valence-corrected chi connectivity index (χ4v) is 1.52. The Morgan fingerprint density at radius 1 is 1.64 bits per heavy atom. The maximum Gasteiger partial charge on any atom is 0.280 e. The number of alkyl halides is 2. The number of rotatable bonds is 2. The first-order valence-electron chi connectivity index (χ1n) is 3.67. The van der Waals surface area contributed by atoms with Gasteiger partial charge >= 0.3 is 0 Å². The molecule has 0 radical (unpaired) electrons. The highest BCUT2D eigenvalue weighted by Crippen LogP contribution is 2.24. The van der Waals surface area contributed by atoms with Gasteiger partial charge in [0.25, 0.3) is 6.43 Å². The van der Waals surface area contributed by atoms with E-state index in [4.69, 9.17) is 11.0 Å². The number of hydrogen-bond donors (Lipinski definition) is 1. The zero-order chi connectivity index (χ0) is 10.7. The molecular weight excluding hydrogens is 256 g/mol. The van der Waals surface area contributed by atoms with Crippen LogP contribution in [0.2, 0.25) is 0 Å². The molecule has 1 aromatic heterocycles. The SMILES string of the molecule is N#Cc1c(CN)cc(C(F)F)nc1Br. The van der Waals surface area contributed by atoms with Crippen molar-refractivity contribution < 1.29 is 8.78 Å². The molecule has 0 atom stereocenters. The molecule has 0 saturated heterocycles. The summed E-state index contributed by atoms with van der Waals surface area (Å²) in [4.78, 5) is 3.54. The standard InChI is InChI=1S/C8H6BrF2N3/c9-7-5(3-13)4(2-12)1-6(14-7)8(10)11/h1,8H,2,12H2. The van der Waals surface area contributed by atoms with Crippen molar-refractivity contribution in [3.63, 3.8) is 0 Å². The van der Waals surface area contributed by atoms with Gasteiger partial charge in [-0.3, -0.25) is 0 Å². The lowest BCUT2D eigenvalue weighted by Gasteiger charge is -2.05. The van der Waals surface area contributed by atoms with Crippen molar-refractivity contribution in [3.8, 4) is 6.07 Å². The molecule has 0 unspecified atom stereocenters. The molecule has 0 aliphatic heterocycles. The van der Waals surface area contributed by atoms with Crippen molar-refractivity contribution in [2.45, 2.75) is 13.0 Å². The van der Waals surface area contributed by atoms with E-state index in [1.807, 2.05) is 6.07 Å². The highest BCUT2D eigenvalue weighted by atomic mass is 79.9. The van der Waals surface area contributed by atoms with Crippen LogP contribution < -0.4 is 5.73 Å². The average Bonchev–Trinajstić information content (AvgIpc) is 2.16. The predicted octanol–water partition coefficient (Wildman–Crippen LogP) is 2.11. The average molecular weight is 262 g/mol. The van der Waals surface area contributed by atoms with E-state index in [0.717, 1.165) is 6.07 Å². The molecule has 14 heavy (non-hydrogen) atoms. The predicted molar refractivity (Wildman–Crippen MR) is 49.5 cm³/mol. The van der Waals surface area contributed by atoms with Crippen LogP contribution in [0.5, 0.6) is 0 Å². The lowest BCUT2D eigenvalue weighted by atomic mass is 10.1. The molecule has 1 heterocycles. The summed E-state index contributed by atoms with van der Waals surface area (Å²) in [7, 11) is 0. The van der Waals surface area contributed by atoms with Crippen molar-refractivity contribution in [1.29, 1.82) is 5.26 Å². The van der Waals surface area contributed by atoms with Gasteiger partial charge in [0.1, 0.15) is 16.4 Å². The summed E-state index contributed by atoms with van der Waals surface area (Å²) in [5.41, 5.74) is 5.51. The fourth-order valence-electron chi connectivity index (χ4n) is 0.975. The second-order valence-corrected chi connectivity index (χ2v) is 3.24. The number of hydrogen-bond acceptors (Lipinski definition) is 3. The first kappa shape index (κ1) is 11.0. The van der Waals surface area contributed by atoms with E-state index in [0.29, 0.717) is 5.56 Å². The summed E-state index contributed by atoms with van der Waals surface area (Å²) in [5, 5.41) is 8.70. The van der Waals surface area contributed by atoms with Gasteiger partial charge in [-0.05, 0) is 27.6 Å². The Bertz CT molecular complexity index is 387. The topological polar surface area (TPSA) is 62.7 Å². The molecule has 0 aliphatic carbocycles. The maximum atomic E-state index is 12.3. The Balaban J connectivity index is 3.33. The van der Waals surface area contributed by atoms with Gasteiger partial charge in [0.05, 0.1) is 5.56 Å². The van der Waals surface area contributed by atoms with Crippen LogP contribution in [0.15, 0.2) is 10.7 Å². The molecule has 1 rings (SSSR count). The van der Waals surface area contributed by atoms with Gasteiger partial charge in [-0.2, -0.15) is 5.26 Å². The fraction of sp³-hybridized carbons (Fsp3) is 0.250. The molecule has 74 valence electrons. The Kier molecular flexibility index (Phi) is 3.49. The molecule has 0 spiro atoms. The molecule has 6 heteroatoms. The van der Waals surface area contributed by atoms with Crippen LogP contribution in [0.3, 0.4) is 0 Å². The van der Waals surface area contributed by atoms with Crippen LogP contribution in [-0.2, 0) is 6.54 Å². The van der Waals surface area contributed by atoms with E-state index >= 15 is 0 Å². The first-order chi connectivity index (χ1) is 6.60. The number of nitrogens with two attached hydrogens (primary N) is 1. The van der Waals surface area contributed by atoms with Gasteiger partial charge in [-0.15, -0.1) is 0 Å². The van der Waals surface area contributed by atoms with E-state index < -0.39 is 6.43 Å². The smallest absolute Gasteiger partial charge is 0.280 e. The van der Waals surface area contributed by atoms with Crippen molar-refractivity contribution >= 4 is 15.9 Å². The minimum absolute atomic E-state index is 0.0315. The monoisotopic (exact) mass is 261 g/mol. The Morgan fingerprint density at radius 2 is 2.29 bits per heavy atom. The molecule has 1 aromatic rings. The van der Waals surface area contributed by atoms with Gasteiger partial charge < -0.3 is 5.73 Å². The molecule has 2 N–H and O–H groups in total. The normalized spacial score (nSPS) is 10.3. The lowest BCUT2D eigenvalue weighted by molar-refractivity contribution is 0.145. The van der Waals surface area contributed by atoms with Gasteiger partial charge in [0, 0.05) is 6.54 Å². The van der Waals surface area contributed by atoms with E-state index in [1.165, 1.54) is 0 Å². The summed E-state index contributed by atoms with van der Waals surface area (Å²) in [6, 6.07) is 2.99. The van der Waals surface area contributed by atoms with Gasteiger partial charge in [0.2, 0.25) is 0 Å². The second kappa shape index (κ2) is 4.44. The van der Waals surface area contributed by atoms with E-state index in [9.17, 15) is 8.78 Å². The molecular formula is C8H6BrF2N3. The Labute approximate surface area is 87.7 Å². The zero-order valence-electron chi connectivity index (χ0n) is 6.97. The van der Waals surface area contributed by atoms with Crippen molar-refractivity contribution in [2.75, 3.05) is 0 Å². The van der Waals surface area contributed by atoms with Crippen LogP contribution in [0.1, 0.15) is 23.2 Å². The van der Waals surface area contributed by atoms with Crippen molar-refractivity contribution in [2.24, 2.45) is 5.73 Å². The largest absolute Gasteiger partial charge is 0.326 e. The number of nitrogens with zero attached hydrogens (tertiary/aromatic N) is 2. The van der Waals surface area contributed by atoms with Crippen LogP contribution in [0.4, 0.5) is 8.78 Å². The third-order valence-corrected chi connectivity index (χ3v) is 2.21. The van der Waals surface area contributed by atoms with Crippen LogP contribution >= 0.6 is 15.9 Å². The number of pyridine rings is 1. The molecule has 0 saturated carbocycles. The van der Waals surface area contributed by atoms with Gasteiger partial charge in [0.15, 0.2) is 0 Å². The van der Waals surface area contributed by atoms with Gasteiger partial charge in [-0.1, -0.05) is 0 Å². The van der Waals surface area contributed by atoms with E-state index in [-0.39, 0.29) is 22.4 Å². The minimum atomic E-state index is -2.66. The van der Waals surface area contributed by atoms with Crippen molar-refractivity contribution in [3.05, 3.63) is 27.5 Å².